The van der Waals surface area contributed by atoms with Crippen LogP contribution in [0.4, 0.5) is 0 Å². The molecule has 0 aliphatic rings. The Morgan fingerprint density at radius 3 is 1.64 bits per heavy atom. The molecule has 0 fully saturated rings. The van der Waals surface area contributed by atoms with Crippen LogP contribution in [0, 0.1) is 0 Å². The van der Waals surface area contributed by atoms with Crippen LogP contribution < -0.4 is 5.32 Å². The Bertz CT molecular complexity index is 758. The zero-order chi connectivity index (χ0) is 33.7. The largest absolute Gasteiger partial charge is 0.472 e. The summed E-state index contributed by atoms with van der Waals surface area (Å²) in [6.07, 6.45) is 29.9. The molecule has 3 atom stereocenters. The summed E-state index contributed by atoms with van der Waals surface area (Å²) in [5.41, 5.74) is 0. The van der Waals surface area contributed by atoms with Gasteiger partial charge in [0.15, 0.2) is 0 Å². The van der Waals surface area contributed by atoms with E-state index >= 15 is 0 Å². The number of carbonyl (C=O) groups excluding carboxylic acids is 1. The van der Waals surface area contributed by atoms with Crippen molar-refractivity contribution < 1.29 is 32.9 Å². The Kier molecular flexibility index (Phi) is 28.9. The number of aliphatic hydroxyl groups is 1. The lowest BCUT2D eigenvalue weighted by Gasteiger charge is -2.25. The Morgan fingerprint density at radius 1 is 0.733 bits per heavy atom. The van der Waals surface area contributed by atoms with Crippen LogP contribution in [0.2, 0.25) is 0 Å². The number of quaternary nitrogens is 1. The molecule has 0 saturated heterocycles. The summed E-state index contributed by atoms with van der Waals surface area (Å²) in [5, 5.41) is 13.7. The van der Waals surface area contributed by atoms with Crippen molar-refractivity contribution in [1.29, 1.82) is 0 Å². The van der Waals surface area contributed by atoms with Crippen LogP contribution in [-0.2, 0) is 18.4 Å². The van der Waals surface area contributed by atoms with Crippen molar-refractivity contribution in [2.45, 2.75) is 174 Å². The molecule has 0 spiro atoms. The molecule has 268 valence electrons. The van der Waals surface area contributed by atoms with Gasteiger partial charge in [-0.2, -0.15) is 0 Å². The minimum Gasteiger partial charge on any atom is -0.387 e. The van der Waals surface area contributed by atoms with Gasteiger partial charge in [0.1, 0.15) is 13.2 Å². The lowest BCUT2D eigenvalue weighted by Crippen LogP contribution is -2.45. The van der Waals surface area contributed by atoms with E-state index < -0.39 is 20.0 Å². The summed E-state index contributed by atoms with van der Waals surface area (Å²) in [7, 11) is 1.57. The molecule has 0 saturated carbocycles. The second kappa shape index (κ2) is 29.4. The van der Waals surface area contributed by atoms with E-state index in [1.54, 1.807) is 6.08 Å². The van der Waals surface area contributed by atoms with Crippen LogP contribution >= 0.6 is 7.82 Å². The number of carbonyl (C=O) groups is 1. The van der Waals surface area contributed by atoms with Crippen LogP contribution in [0.25, 0.3) is 0 Å². The van der Waals surface area contributed by atoms with Gasteiger partial charge in [0, 0.05) is 6.42 Å². The lowest BCUT2D eigenvalue weighted by atomic mass is 10.0. The highest BCUT2D eigenvalue weighted by Gasteiger charge is 2.27. The van der Waals surface area contributed by atoms with Crippen LogP contribution in [0.3, 0.4) is 0 Å². The van der Waals surface area contributed by atoms with Crippen molar-refractivity contribution in [1.82, 2.24) is 5.32 Å². The van der Waals surface area contributed by atoms with Crippen molar-refractivity contribution in [3.63, 3.8) is 0 Å². The molecule has 1 amide bonds. The van der Waals surface area contributed by atoms with E-state index in [0.717, 1.165) is 38.5 Å². The van der Waals surface area contributed by atoms with Gasteiger partial charge >= 0.3 is 7.82 Å². The van der Waals surface area contributed by atoms with Gasteiger partial charge in [0.05, 0.1) is 39.9 Å². The molecule has 0 rings (SSSR count). The maximum atomic E-state index is 12.7. The molecule has 3 N–H and O–H groups in total. The van der Waals surface area contributed by atoms with Gasteiger partial charge in [0.2, 0.25) is 5.91 Å². The first-order valence-corrected chi connectivity index (χ1v) is 20.1. The monoisotopic (exact) mass is 662 g/mol. The number of hydrogen-bond donors (Lipinski definition) is 3. The van der Waals surface area contributed by atoms with Gasteiger partial charge in [-0.3, -0.25) is 13.8 Å². The molecule has 8 nitrogen and oxygen atoms in total. The van der Waals surface area contributed by atoms with Crippen molar-refractivity contribution in [2.24, 2.45) is 0 Å². The third-order valence-corrected chi connectivity index (χ3v) is 9.24. The quantitative estimate of drug-likeness (QED) is 0.0280. The number of nitrogens with one attached hydrogen (secondary N) is 1. The topological polar surface area (TPSA) is 105 Å². The molecular weight excluding hydrogens is 587 g/mol. The number of likely N-dealkylation sites (N-methyl/N-ethyl adjacent to an activating group) is 1. The summed E-state index contributed by atoms with van der Waals surface area (Å²) in [6, 6.07) is -0.836. The van der Waals surface area contributed by atoms with E-state index in [0.29, 0.717) is 17.4 Å². The molecule has 0 aliphatic heterocycles. The summed E-state index contributed by atoms with van der Waals surface area (Å²) in [6.45, 7) is 4.77. The molecule has 0 bridgehead atoms. The van der Waals surface area contributed by atoms with E-state index in [1.807, 2.05) is 27.2 Å². The molecule has 0 radical (unpaired) electrons. The number of aliphatic hydroxyl groups excluding tert-OH is 1. The first kappa shape index (κ1) is 44.2. The highest BCUT2D eigenvalue weighted by Crippen LogP contribution is 2.43. The zero-order valence-electron chi connectivity index (χ0n) is 30.1. The Hall–Kier alpha value is -0.760. The maximum absolute atomic E-state index is 12.7. The number of nitrogens with zero attached hydrogens (tertiary/aromatic N) is 1. The number of unbranched alkanes of at least 4 members (excludes halogenated alkanes) is 20. The van der Waals surface area contributed by atoms with Crippen LogP contribution in [-0.4, -0.2) is 73.4 Å². The molecule has 0 aromatic rings. The van der Waals surface area contributed by atoms with Crippen LogP contribution in [0.15, 0.2) is 12.2 Å². The predicted molar refractivity (Wildman–Crippen MR) is 189 cm³/mol. The highest BCUT2D eigenvalue weighted by atomic mass is 31.2. The first-order chi connectivity index (χ1) is 21.5. The van der Waals surface area contributed by atoms with Crippen LogP contribution in [0.1, 0.15) is 162 Å². The maximum Gasteiger partial charge on any atom is 0.472 e. The van der Waals surface area contributed by atoms with Crippen molar-refractivity contribution in [2.75, 3.05) is 40.9 Å². The normalized spacial score (nSPS) is 14.9. The second-order valence-electron chi connectivity index (χ2n) is 14.0. The minimum absolute atomic E-state index is 0.0638. The minimum atomic E-state index is -4.32. The van der Waals surface area contributed by atoms with E-state index in [2.05, 4.69) is 19.2 Å². The van der Waals surface area contributed by atoms with Gasteiger partial charge in [0.25, 0.3) is 0 Å². The van der Waals surface area contributed by atoms with E-state index in [4.69, 9.17) is 9.05 Å². The van der Waals surface area contributed by atoms with Crippen LogP contribution in [0.5, 0.6) is 0 Å². The van der Waals surface area contributed by atoms with E-state index in [1.165, 1.54) is 103 Å². The first-order valence-electron chi connectivity index (χ1n) is 18.6. The number of rotatable bonds is 33. The predicted octanol–water partition coefficient (Wildman–Crippen LogP) is 9.24. The summed E-state index contributed by atoms with van der Waals surface area (Å²) in [4.78, 5) is 22.9. The molecule has 45 heavy (non-hydrogen) atoms. The van der Waals surface area contributed by atoms with Gasteiger partial charge in [-0.25, -0.2) is 4.57 Å². The second-order valence-corrected chi connectivity index (χ2v) is 15.4. The van der Waals surface area contributed by atoms with Crippen molar-refractivity contribution >= 4 is 13.7 Å². The zero-order valence-corrected chi connectivity index (χ0v) is 31.0. The third kappa shape index (κ3) is 31.6. The van der Waals surface area contributed by atoms with Gasteiger partial charge in [-0.05, 0) is 19.3 Å². The summed E-state index contributed by atoms with van der Waals surface area (Å²) >= 11 is 0. The highest BCUT2D eigenvalue weighted by molar-refractivity contribution is 7.47. The molecule has 0 aliphatic carbocycles. The number of hydrogen-bond acceptors (Lipinski definition) is 5. The fourth-order valence-electron chi connectivity index (χ4n) is 5.22. The number of allylic oxidation sites excluding steroid dienone is 1. The van der Waals surface area contributed by atoms with E-state index in [9.17, 15) is 19.4 Å². The number of phosphoric acid groups is 1. The lowest BCUT2D eigenvalue weighted by molar-refractivity contribution is -0.870. The smallest absolute Gasteiger partial charge is 0.387 e. The molecule has 9 heteroatoms. The molecule has 0 aromatic heterocycles. The number of amides is 1. The Balaban J connectivity index is 4.49. The average molecular weight is 662 g/mol. The SMILES string of the molecule is CCCCCCCCC/C=C/C(O)C(COP(=O)(O)OCC[N+](C)(C)C)NC(=O)CCCCCCCCCCCCCCCC. The fourth-order valence-corrected chi connectivity index (χ4v) is 5.95. The third-order valence-electron chi connectivity index (χ3n) is 8.26. The fraction of sp³-hybridized carbons (Fsp3) is 0.917. The van der Waals surface area contributed by atoms with Crippen molar-refractivity contribution in [3.05, 3.63) is 12.2 Å². The Morgan fingerprint density at radius 2 is 1.18 bits per heavy atom. The summed E-state index contributed by atoms with van der Waals surface area (Å²) < 4.78 is 23.4. The molecular formula is C36H74N2O6P+. The molecule has 3 unspecified atom stereocenters. The Labute approximate surface area is 278 Å². The average Bonchev–Trinajstić information content (AvgIpc) is 2.97. The van der Waals surface area contributed by atoms with Gasteiger partial charge in [-0.1, -0.05) is 148 Å². The molecule has 0 aromatic carbocycles. The summed E-state index contributed by atoms with van der Waals surface area (Å²) in [5.74, 6) is -0.180. The number of phosphoric ester groups is 1. The van der Waals surface area contributed by atoms with Gasteiger partial charge in [-0.15, -0.1) is 0 Å². The van der Waals surface area contributed by atoms with Gasteiger partial charge < -0.3 is 19.8 Å². The standard InChI is InChI=1S/C36H73N2O6P/c1-6-8-10-12-14-16-17-18-19-20-22-24-26-28-30-36(40)37-34(33-44-45(41,42)43-32-31-38(3,4)5)35(39)29-27-25-23-21-15-13-11-9-7-2/h27,29,34-35,39H,6-26,28,30-33H2,1-5H3,(H-,37,40,41,42)/p+1/b29-27+. The van der Waals surface area contributed by atoms with E-state index in [-0.39, 0.29) is 19.1 Å². The molecule has 0 heterocycles. The van der Waals surface area contributed by atoms with Crippen molar-refractivity contribution in [3.8, 4) is 0 Å².